The molecule has 0 aliphatic rings. The van der Waals surface area contributed by atoms with Crippen molar-refractivity contribution in [3.8, 4) is 28.8 Å². The summed E-state index contributed by atoms with van der Waals surface area (Å²) >= 11 is 0. The van der Waals surface area contributed by atoms with E-state index in [0.717, 1.165) is 5.56 Å². The van der Waals surface area contributed by atoms with E-state index < -0.39 is 5.97 Å². The van der Waals surface area contributed by atoms with Gasteiger partial charge >= 0.3 is 5.97 Å². The average Bonchev–Trinajstić information content (AvgIpc) is 3.07. The van der Waals surface area contributed by atoms with Gasteiger partial charge in [-0.25, -0.2) is 9.78 Å². The van der Waals surface area contributed by atoms with Gasteiger partial charge in [0.15, 0.2) is 0 Å². The number of aromatic hydroxyl groups is 1. The molecule has 6 nitrogen and oxygen atoms in total. The molecule has 6 heteroatoms. The number of nitriles is 1. The lowest BCUT2D eigenvalue weighted by atomic mass is 10.1. The number of phenols is 1. The lowest BCUT2D eigenvalue weighted by Gasteiger charge is -2.05. The molecule has 0 aliphatic heterocycles. The quantitative estimate of drug-likeness (QED) is 0.740. The Bertz CT molecular complexity index is 953. The van der Waals surface area contributed by atoms with E-state index in [2.05, 4.69) is 11.1 Å². The van der Waals surface area contributed by atoms with Crippen LogP contribution in [-0.2, 0) is 4.74 Å². The molecule has 1 N–H and O–H groups in total. The van der Waals surface area contributed by atoms with E-state index in [1.165, 1.54) is 6.20 Å². The van der Waals surface area contributed by atoms with Crippen molar-refractivity contribution in [2.45, 2.75) is 6.92 Å². The highest BCUT2D eigenvalue weighted by Gasteiger charge is 2.13. The molecule has 0 bridgehead atoms. The standard InChI is InChI=1S/C19H15N3O3/c1-2-25-19(24)14-7-8-21-18(9-14)22-11-15(10-20)17(12-22)13-3-5-16(23)6-4-13/h3-9,11-12,23H,2H2,1H3. The molecule has 0 saturated heterocycles. The summed E-state index contributed by atoms with van der Waals surface area (Å²) < 4.78 is 6.68. The van der Waals surface area contributed by atoms with Gasteiger partial charge < -0.3 is 14.4 Å². The van der Waals surface area contributed by atoms with Crippen LogP contribution in [0, 0.1) is 11.3 Å². The molecule has 1 aromatic carbocycles. The normalized spacial score (nSPS) is 10.2. The number of carbonyl (C=O) groups is 1. The number of hydrogen-bond donors (Lipinski definition) is 1. The smallest absolute Gasteiger partial charge is 0.338 e. The van der Waals surface area contributed by atoms with E-state index in [4.69, 9.17) is 4.74 Å². The van der Waals surface area contributed by atoms with Gasteiger partial charge in [-0.1, -0.05) is 12.1 Å². The zero-order valence-corrected chi connectivity index (χ0v) is 13.5. The predicted molar refractivity (Wildman–Crippen MR) is 91.3 cm³/mol. The highest BCUT2D eigenvalue weighted by molar-refractivity contribution is 5.89. The van der Waals surface area contributed by atoms with Gasteiger partial charge in [0.2, 0.25) is 0 Å². The predicted octanol–water partition coefficient (Wildman–Crippen LogP) is 3.29. The van der Waals surface area contributed by atoms with E-state index >= 15 is 0 Å². The maximum absolute atomic E-state index is 11.9. The van der Waals surface area contributed by atoms with E-state index in [9.17, 15) is 15.2 Å². The van der Waals surface area contributed by atoms with Crippen LogP contribution in [0.2, 0.25) is 0 Å². The Labute approximate surface area is 144 Å². The third-order valence-corrected chi connectivity index (χ3v) is 3.65. The van der Waals surface area contributed by atoms with E-state index in [1.54, 1.807) is 60.3 Å². The molecular formula is C19H15N3O3. The van der Waals surface area contributed by atoms with E-state index in [1.807, 2.05) is 0 Å². The van der Waals surface area contributed by atoms with Crippen molar-refractivity contribution in [3.63, 3.8) is 0 Å². The first-order valence-corrected chi connectivity index (χ1v) is 7.67. The highest BCUT2D eigenvalue weighted by atomic mass is 16.5. The van der Waals surface area contributed by atoms with Crippen LogP contribution in [0.15, 0.2) is 55.0 Å². The number of aromatic nitrogens is 2. The van der Waals surface area contributed by atoms with Crippen LogP contribution in [0.3, 0.4) is 0 Å². The Morgan fingerprint density at radius 1 is 1.28 bits per heavy atom. The molecular weight excluding hydrogens is 318 g/mol. The SMILES string of the molecule is CCOC(=O)c1ccnc(-n2cc(C#N)c(-c3ccc(O)cc3)c2)c1. The lowest BCUT2D eigenvalue weighted by molar-refractivity contribution is 0.0526. The van der Waals surface area contributed by atoms with Crippen LogP contribution in [-0.4, -0.2) is 27.2 Å². The Morgan fingerprint density at radius 3 is 2.72 bits per heavy atom. The van der Waals surface area contributed by atoms with Gasteiger partial charge in [0.25, 0.3) is 0 Å². The van der Waals surface area contributed by atoms with Crippen LogP contribution >= 0.6 is 0 Å². The van der Waals surface area contributed by atoms with Crippen molar-refractivity contribution in [2.75, 3.05) is 6.61 Å². The number of ether oxygens (including phenoxy) is 1. The Balaban J connectivity index is 2.02. The largest absolute Gasteiger partial charge is 0.508 e. The Hall–Kier alpha value is -3.59. The molecule has 0 unspecified atom stereocenters. The number of phenolic OH excluding ortho intramolecular Hbond substituents is 1. The van der Waals surface area contributed by atoms with Crippen molar-refractivity contribution in [3.05, 3.63) is 66.1 Å². The zero-order valence-electron chi connectivity index (χ0n) is 13.5. The van der Waals surface area contributed by atoms with Gasteiger partial charge in [-0.2, -0.15) is 5.26 Å². The van der Waals surface area contributed by atoms with Gasteiger partial charge in [-0.3, -0.25) is 0 Å². The Morgan fingerprint density at radius 2 is 2.04 bits per heavy atom. The number of esters is 1. The molecule has 0 spiro atoms. The van der Waals surface area contributed by atoms with Gasteiger partial charge in [0, 0.05) is 24.2 Å². The second kappa shape index (κ2) is 6.89. The van der Waals surface area contributed by atoms with Gasteiger partial charge in [-0.05, 0) is 36.8 Å². The highest BCUT2D eigenvalue weighted by Crippen LogP contribution is 2.27. The minimum Gasteiger partial charge on any atom is -0.508 e. The molecule has 0 aliphatic carbocycles. The van der Waals surface area contributed by atoms with Crippen LogP contribution in [0.25, 0.3) is 16.9 Å². The van der Waals surface area contributed by atoms with Crippen molar-refractivity contribution < 1.29 is 14.6 Å². The maximum Gasteiger partial charge on any atom is 0.338 e. The number of carbonyl (C=O) groups excluding carboxylic acids is 1. The monoisotopic (exact) mass is 333 g/mol. The third kappa shape index (κ3) is 3.35. The minimum absolute atomic E-state index is 0.158. The molecule has 3 aromatic rings. The summed E-state index contributed by atoms with van der Waals surface area (Å²) in [6, 6.07) is 11.9. The van der Waals surface area contributed by atoms with Crippen LogP contribution in [0.4, 0.5) is 0 Å². The average molecular weight is 333 g/mol. The molecule has 124 valence electrons. The van der Waals surface area contributed by atoms with Crippen molar-refractivity contribution in [1.82, 2.24) is 9.55 Å². The van der Waals surface area contributed by atoms with Crippen molar-refractivity contribution in [1.29, 1.82) is 5.26 Å². The van der Waals surface area contributed by atoms with Crippen LogP contribution < -0.4 is 0 Å². The van der Waals surface area contributed by atoms with Gasteiger partial charge in [0.05, 0.1) is 17.7 Å². The van der Waals surface area contributed by atoms with Crippen LogP contribution in [0.5, 0.6) is 5.75 Å². The van der Waals surface area contributed by atoms with Crippen molar-refractivity contribution >= 4 is 5.97 Å². The molecule has 0 fully saturated rings. The molecule has 2 aromatic heterocycles. The maximum atomic E-state index is 11.9. The summed E-state index contributed by atoms with van der Waals surface area (Å²) in [5, 5.41) is 18.8. The topological polar surface area (TPSA) is 88.1 Å². The number of nitrogens with zero attached hydrogens (tertiary/aromatic N) is 3. The summed E-state index contributed by atoms with van der Waals surface area (Å²) in [7, 11) is 0. The lowest BCUT2D eigenvalue weighted by Crippen LogP contribution is -2.06. The zero-order chi connectivity index (χ0) is 17.8. The molecule has 3 rings (SSSR count). The molecule has 0 amide bonds. The summed E-state index contributed by atoms with van der Waals surface area (Å²) in [6.07, 6.45) is 4.94. The number of hydrogen-bond acceptors (Lipinski definition) is 5. The summed E-state index contributed by atoms with van der Waals surface area (Å²) in [5.41, 5.74) is 2.37. The van der Waals surface area contributed by atoms with Gasteiger partial charge in [0.1, 0.15) is 17.6 Å². The minimum atomic E-state index is -0.419. The van der Waals surface area contributed by atoms with Crippen molar-refractivity contribution in [2.24, 2.45) is 0 Å². The number of pyridine rings is 1. The summed E-state index contributed by atoms with van der Waals surface area (Å²) in [4.78, 5) is 16.1. The fraction of sp³-hybridized carbons (Fsp3) is 0.105. The first kappa shape index (κ1) is 16.3. The fourth-order valence-electron chi connectivity index (χ4n) is 2.45. The molecule has 0 saturated carbocycles. The van der Waals surface area contributed by atoms with E-state index in [0.29, 0.717) is 29.1 Å². The summed E-state index contributed by atoms with van der Waals surface area (Å²) in [6.45, 7) is 2.04. The second-order valence-electron chi connectivity index (χ2n) is 5.27. The summed E-state index contributed by atoms with van der Waals surface area (Å²) in [5.74, 6) is 0.246. The van der Waals surface area contributed by atoms with E-state index in [-0.39, 0.29) is 5.75 Å². The number of benzene rings is 1. The third-order valence-electron chi connectivity index (χ3n) is 3.65. The second-order valence-corrected chi connectivity index (χ2v) is 5.27. The fourth-order valence-corrected chi connectivity index (χ4v) is 2.45. The van der Waals surface area contributed by atoms with Gasteiger partial charge in [-0.15, -0.1) is 0 Å². The molecule has 25 heavy (non-hydrogen) atoms. The number of rotatable bonds is 4. The Kier molecular flexibility index (Phi) is 4.48. The van der Waals surface area contributed by atoms with Crippen LogP contribution in [0.1, 0.15) is 22.8 Å². The molecule has 2 heterocycles. The first-order valence-electron chi connectivity index (χ1n) is 7.67. The first-order chi connectivity index (χ1) is 12.1. The molecule has 0 atom stereocenters. The molecule has 0 radical (unpaired) electrons.